The Balaban J connectivity index is 1.80. The van der Waals surface area contributed by atoms with Crippen molar-refractivity contribution in [3.63, 3.8) is 0 Å². The molecule has 0 fully saturated rings. The lowest BCUT2D eigenvalue weighted by atomic mass is 10.2. The molecule has 1 aliphatic rings. The highest BCUT2D eigenvalue weighted by molar-refractivity contribution is 7.94. The number of benzene rings is 2. The normalized spacial score (nSPS) is 18.2. The summed E-state index contributed by atoms with van der Waals surface area (Å²) >= 11 is 0. The lowest BCUT2D eigenvalue weighted by molar-refractivity contribution is -0.120. The number of hydrogen-bond donors (Lipinski definition) is 0. The van der Waals surface area contributed by atoms with Gasteiger partial charge in [-0.05, 0) is 30.3 Å². The van der Waals surface area contributed by atoms with E-state index in [1.54, 1.807) is 42.5 Å². The van der Waals surface area contributed by atoms with E-state index in [2.05, 4.69) is 0 Å². The van der Waals surface area contributed by atoms with Gasteiger partial charge in [0.15, 0.2) is 16.4 Å². The van der Waals surface area contributed by atoms with Crippen molar-refractivity contribution < 1.29 is 17.9 Å². The first-order valence-corrected chi connectivity index (χ1v) is 9.23. The van der Waals surface area contributed by atoms with Gasteiger partial charge in [-0.15, -0.1) is 0 Å². The first-order valence-electron chi connectivity index (χ1n) is 7.51. The molecule has 2 aromatic carbocycles. The van der Waals surface area contributed by atoms with Crippen LogP contribution >= 0.6 is 0 Å². The predicted molar refractivity (Wildman–Crippen MR) is 92.6 cm³/mol. The predicted octanol–water partition coefficient (Wildman–Crippen LogP) is 2.41. The van der Waals surface area contributed by atoms with E-state index in [1.165, 1.54) is 10.3 Å². The lowest BCUT2D eigenvalue weighted by Crippen LogP contribution is -2.43. The summed E-state index contributed by atoms with van der Waals surface area (Å²) in [4.78, 5) is 14.2. The average molecular weight is 343 g/mol. The van der Waals surface area contributed by atoms with Crippen LogP contribution in [0.4, 0.5) is 5.69 Å². The molecule has 1 heterocycles. The van der Waals surface area contributed by atoms with Gasteiger partial charge in [-0.3, -0.25) is 4.79 Å². The van der Waals surface area contributed by atoms with E-state index in [1.807, 2.05) is 24.3 Å². The fourth-order valence-electron chi connectivity index (χ4n) is 2.56. The van der Waals surface area contributed by atoms with Gasteiger partial charge in [0.05, 0.1) is 11.8 Å². The number of carbonyl (C=O) groups is 1. The minimum absolute atomic E-state index is 0.112. The highest BCUT2D eigenvalue weighted by Crippen LogP contribution is 2.23. The van der Waals surface area contributed by atoms with Crippen LogP contribution in [0.5, 0.6) is 5.75 Å². The van der Waals surface area contributed by atoms with Crippen LogP contribution in [0.1, 0.15) is 0 Å². The van der Waals surface area contributed by atoms with E-state index in [-0.39, 0.29) is 18.3 Å². The van der Waals surface area contributed by atoms with E-state index in [4.69, 9.17) is 4.74 Å². The molecule has 1 aliphatic heterocycles. The van der Waals surface area contributed by atoms with Gasteiger partial charge in [0, 0.05) is 11.1 Å². The van der Waals surface area contributed by atoms with Crippen LogP contribution in [0.25, 0.3) is 0 Å². The van der Waals surface area contributed by atoms with Crippen LogP contribution in [0.15, 0.2) is 72.1 Å². The van der Waals surface area contributed by atoms with Gasteiger partial charge >= 0.3 is 0 Å². The van der Waals surface area contributed by atoms with E-state index >= 15 is 0 Å². The number of sulfone groups is 1. The lowest BCUT2D eigenvalue weighted by Gasteiger charge is -2.27. The standard InChI is InChI=1S/C18H17NO4S/c20-18(13-23-17-9-5-2-6-10-17)19(15-7-3-1-4-8-15)16-11-12-24(21,22)14-16/h1-12,16H,13-14H2. The molecule has 0 saturated heterocycles. The molecule has 124 valence electrons. The Kier molecular flexibility index (Phi) is 4.66. The molecule has 1 unspecified atom stereocenters. The molecular formula is C18H17NO4S. The minimum atomic E-state index is -3.26. The molecule has 5 nitrogen and oxygen atoms in total. The molecule has 0 N–H and O–H groups in total. The van der Waals surface area contributed by atoms with Crippen molar-refractivity contribution >= 4 is 21.4 Å². The summed E-state index contributed by atoms with van der Waals surface area (Å²) in [6.07, 6.45) is 1.54. The van der Waals surface area contributed by atoms with Crippen LogP contribution < -0.4 is 9.64 Å². The van der Waals surface area contributed by atoms with E-state index in [0.717, 1.165) is 0 Å². The van der Waals surface area contributed by atoms with Crippen LogP contribution in [-0.4, -0.2) is 32.7 Å². The first-order chi connectivity index (χ1) is 11.6. The summed E-state index contributed by atoms with van der Waals surface area (Å²) in [6.45, 7) is -0.163. The highest BCUT2D eigenvalue weighted by Gasteiger charge is 2.31. The van der Waals surface area contributed by atoms with Gasteiger partial charge in [-0.2, -0.15) is 0 Å². The third-order valence-corrected chi connectivity index (χ3v) is 5.03. The van der Waals surface area contributed by atoms with Crippen molar-refractivity contribution in [2.45, 2.75) is 6.04 Å². The minimum Gasteiger partial charge on any atom is -0.484 e. The van der Waals surface area contributed by atoms with Gasteiger partial charge < -0.3 is 9.64 Å². The highest BCUT2D eigenvalue weighted by atomic mass is 32.2. The largest absolute Gasteiger partial charge is 0.484 e. The van der Waals surface area contributed by atoms with Crippen molar-refractivity contribution in [3.8, 4) is 5.75 Å². The molecule has 0 spiro atoms. The Labute approximate surface area is 141 Å². The number of hydrogen-bond acceptors (Lipinski definition) is 4. The second kappa shape index (κ2) is 6.88. The fraction of sp³-hybridized carbons (Fsp3) is 0.167. The first kappa shape index (κ1) is 16.3. The van der Waals surface area contributed by atoms with Crippen molar-refractivity contribution in [2.24, 2.45) is 0 Å². The Morgan fingerprint density at radius 2 is 1.67 bits per heavy atom. The molecule has 0 bridgehead atoms. The van der Waals surface area contributed by atoms with Crippen LogP contribution in [-0.2, 0) is 14.6 Å². The summed E-state index contributed by atoms with van der Waals surface area (Å²) in [6, 6.07) is 17.5. The fourth-order valence-corrected chi connectivity index (χ4v) is 3.83. The summed E-state index contributed by atoms with van der Waals surface area (Å²) < 4.78 is 29.0. The maximum atomic E-state index is 12.7. The number of nitrogens with zero attached hydrogens (tertiary/aromatic N) is 1. The van der Waals surface area contributed by atoms with E-state index in [9.17, 15) is 13.2 Å². The molecule has 0 radical (unpaired) electrons. The molecule has 3 rings (SSSR count). The Bertz CT molecular complexity index is 832. The zero-order chi connectivity index (χ0) is 17.0. The van der Waals surface area contributed by atoms with Gasteiger partial charge in [0.1, 0.15) is 5.75 Å². The summed E-state index contributed by atoms with van der Waals surface area (Å²) in [7, 11) is -3.26. The SMILES string of the molecule is O=C(COc1ccccc1)N(c1ccccc1)C1C=CS(=O)(=O)C1. The zero-order valence-electron chi connectivity index (χ0n) is 12.9. The molecule has 1 amide bonds. The van der Waals surface area contributed by atoms with Crippen molar-refractivity contribution in [1.82, 2.24) is 0 Å². The van der Waals surface area contributed by atoms with Gasteiger partial charge in [0.25, 0.3) is 5.91 Å². The van der Waals surface area contributed by atoms with E-state index < -0.39 is 15.9 Å². The van der Waals surface area contributed by atoms with Crippen LogP contribution in [0.2, 0.25) is 0 Å². The molecule has 24 heavy (non-hydrogen) atoms. The summed E-state index contributed by atoms with van der Waals surface area (Å²) in [5, 5.41) is 1.17. The van der Waals surface area contributed by atoms with E-state index in [0.29, 0.717) is 11.4 Å². The summed E-state index contributed by atoms with van der Waals surface area (Å²) in [5.74, 6) is 0.184. The Morgan fingerprint density at radius 3 is 2.25 bits per heavy atom. The molecule has 6 heteroatoms. The second-order valence-electron chi connectivity index (χ2n) is 5.43. The van der Waals surface area contributed by atoms with Gasteiger partial charge in [0.2, 0.25) is 0 Å². The third-order valence-electron chi connectivity index (χ3n) is 3.65. The van der Waals surface area contributed by atoms with Crippen molar-refractivity contribution in [2.75, 3.05) is 17.3 Å². The van der Waals surface area contributed by atoms with Crippen LogP contribution in [0, 0.1) is 0 Å². The van der Waals surface area contributed by atoms with Crippen molar-refractivity contribution in [3.05, 3.63) is 72.1 Å². The smallest absolute Gasteiger partial charge is 0.265 e. The number of anilines is 1. The molecule has 0 saturated carbocycles. The monoisotopic (exact) mass is 343 g/mol. The molecule has 2 aromatic rings. The number of amides is 1. The quantitative estimate of drug-likeness (QED) is 0.836. The molecule has 0 aliphatic carbocycles. The second-order valence-corrected chi connectivity index (χ2v) is 7.36. The number of ether oxygens (including phenoxy) is 1. The van der Waals surface area contributed by atoms with Crippen molar-refractivity contribution in [1.29, 1.82) is 0 Å². The maximum Gasteiger partial charge on any atom is 0.265 e. The molecule has 1 atom stereocenters. The molecular weight excluding hydrogens is 326 g/mol. The van der Waals surface area contributed by atoms with Crippen LogP contribution in [0.3, 0.4) is 0 Å². The van der Waals surface area contributed by atoms with Gasteiger partial charge in [-0.25, -0.2) is 8.42 Å². The number of rotatable bonds is 5. The van der Waals surface area contributed by atoms with Gasteiger partial charge in [-0.1, -0.05) is 36.4 Å². The number of carbonyl (C=O) groups excluding carboxylic acids is 1. The average Bonchev–Trinajstić information content (AvgIpc) is 2.95. The maximum absolute atomic E-state index is 12.7. The summed E-state index contributed by atoms with van der Waals surface area (Å²) in [5.41, 5.74) is 0.644. The zero-order valence-corrected chi connectivity index (χ0v) is 13.7. The third kappa shape index (κ3) is 3.83. The topological polar surface area (TPSA) is 63.7 Å². The Morgan fingerprint density at radius 1 is 1.04 bits per heavy atom. The molecule has 0 aromatic heterocycles. The Hall–Kier alpha value is -2.60. The number of para-hydroxylation sites is 2.